The van der Waals surface area contributed by atoms with E-state index in [2.05, 4.69) is 0 Å². The molecule has 0 fully saturated rings. The third-order valence-corrected chi connectivity index (χ3v) is 4.61. The minimum Gasteiger partial charge on any atom is -0.503 e. The van der Waals surface area contributed by atoms with E-state index in [0.717, 1.165) is 31.4 Å². The zero-order chi connectivity index (χ0) is 14.5. The topological polar surface area (TPSA) is 91.7 Å². The second kappa shape index (κ2) is 6.56. The zero-order valence-corrected chi connectivity index (χ0v) is 11.6. The molecule has 19 heavy (non-hydrogen) atoms. The van der Waals surface area contributed by atoms with Crippen LogP contribution in [0.1, 0.15) is 32.6 Å². The average Bonchev–Trinajstić information content (AvgIpc) is 2.49. The van der Waals surface area contributed by atoms with Crippen LogP contribution in [-0.4, -0.2) is 24.4 Å². The van der Waals surface area contributed by atoms with E-state index in [1.54, 1.807) is 0 Å². The molecule has 0 amide bonds. The summed E-state index contributed by atoms with van der Waals surface area (Å²) in [6.07, 6.45) is 3.21. The van der Waals surface area contributed by atoms with Gasteiger partial charge in [0.1, 0.15) is 4.90 Å². The van der Waals surface area contributed by atoms with E-state index in [1.807, 2.05) is 6.92 Å². The van der Waals surface area contributed by atoms with Crippen LogP contribution in [0.5, 0.6) is 11.5 Å². The summed E-state index contributed by atoms with van der Waals surface area (Å²) >= 11 is 0. The minimum absolute atomic E-state index is 0.113. The number of rotatable bonds is 6. The molecule has 0 heterocycles. The Kier molecular flexibility index (Phi) is 5.35. The normalized spacial score (nSPS) is 11.4. The van der Waals surface area contributed by atoms with Gasteiger partial charge in [-0.2, -0.15) is 0 Å². The first-order valence-corrected chi connectivity index (χ1v) is 7.83. The Bertz CT molecular complexity index is 592. The highest BCUT2D eigenvalue weighted by molar-refractivity contribution is 7.91. The van der Waals surface area contributed by atoms with Crippen molar-refractivity contribution in [3.05, 3.63) is 28.4 Å². The van der Waals surface area contributed by atoms with Gasteiger partial charge < -0.3 is 10.2 Å². The van der Waals surface area contributed by atoms with Crippen LogP contribution in [-0.2, 0) is 9.84 Å². The first kappa shape index (κ1) is 15.5. The summed E-state index contributed by atoms with van der Waals surface area (Å²) in [4.78, 5) is 10.8. The van der Waals surface area contributed by atoms with Crippen LogP contribution >= 0.6 is 0 Å². The van der Waals surface area contributed by atoms with E-state index in [-0.39, 0.29) is 5.75 Å². The molecule has 0 radical (unpaired) electrons. The molecule has 0 unspecified atom stereocenters. The van der Waals surface area contributed by atoms with Gasteiger partial charge in [-0.25, -0.2) is 8.42 Å². The monoisotopic (exact) mass is 286 g/mol. The molecule has 1 aromatic carbocycles. The molecule has 1 aromatic rings. The van der Waals surface area contributed by atoms with Gasteiger partial charge in [0.05, 0.1) is 5.75 Å². The van der Waals surface area contributed by atoms with Crippen LogP contribution in [0.4, 0.5) is 0 Å². The standard InChI is InChI=1S/C13H18O5S/c1-2-3-4-5-9-19(17,18)11-8-6-7-10(14)12(15)13(11)16/h6-8H,2-5,9H2,1H3,(H2,14,15,16). The maximum atomic E-state index is 12.0. The van der Waals surface area contributed by atoms with Gasteiger partial charge in [0, 0.05) is 0 Å². The van der Waals surface area contributed by atoms with Crippen molar-refractivity contribution in [3.63, 3.8) is 0 Å². The summed E-state index contributed by atoms with van der Waals surface area (Å²) in [5.41, 5.74) is -0.815. The molecule has 0 aliphatic rings. The SMILES string of the molecule is CCCCCCS(=O)(=O)c1cccc(=O)c(O)c1O. The van der Waals surface area contributed by atoms with Crippen molar-refractivity contribution in [1.82, 2.24) is 0 Å². The molecule has 0 saturated heterocycles. The first-order valence-electron chi connectivity index (χ1n) is 6.18. The van der Waals surface area contributed by atoms with Crippen LogP contribution in [0.3, 0.4) is 0 Å². The Morgan fingerprint density at radius 1 is 1.05 bits per heavy atom. The van der Waals surface area contributed by atoms with Gasteiger partial charge in [-0.15, -0.1) is 0 Å². The molecule has 1 rings (SSSR count). The molecule has 0 atom stereocenters. The molecule has 2 N–H and O–H groups in total. The van der Waals surface area contributed by atoms with Crippen molar-refractivity contribution < 1.29 is 18.6 Å². The summed E-state index contributed by atoms with van der Waals surface area (Å²) < 4.78 is 24.1. The van der Waals surface area contributed by atoms with E-state index in [1.165, 1.54) is 6.07 Å². The van der Waals surface area contributed by atoms with Gasteiger partial charge >= 0.3 is 0 Å². The van der Waals surface area contributed by atoms with E-state index < -0.39 is 31.7 Å². The maximum absolute atomic E-state index is 12.0. The lowest BCUT2D eigenvalue weighted by Crippen LogP contribution is -2.07. The second-order valence-corrected chi connectivity index (χ2v) is 6.41. The molecule has 0 aliphatic carbocycles. The molecule has 0 saturated carbocycles. The van der Waals surface area contributed by atoms with Crippen LogP contribution in [0.25, 0.3) is 0 Å². The second-order valence-electron chi connectivity index (χ2n) is 4.33. The van der Waals surface area contributed by atoms with Crippen molar-refractivity contribution in [1.29, 1.82) is 0 Å². The predicted octanol–water partition coefficient (Wildman–Crippen LogP) is 1.81. The van der Waals surface area contributed by atoms with Gasteiger partial charge in [0.15, 0.2) is 15.6 Å². The fourth-order valence-corrected chi connectivity index (χ4v) is 3.18. The van der Waals surface area contributed by atoms with Gasteiger partial charge in [-0.3, -0.25) is 4.79 Å². The Labute approximate surface area is 112 Å². The van der Waals surface area contributed by atoms with Crippen molar-refractivity contribution >= 4 is 9.84 Å². The van der Waals surface area contributed by atoms with Gasteiger partial charge in [-0.1, -0.05) is 32.3 Å². The van der Waals surface area contributed by atoms with E-state index in [0.29, 0.717) is 6.42 Å². The summed E-state index contributed by atoms with van der Waals surface area (Å²) in [5, 5.41) is 19.0. The number of sulfone groups is 1. The highest BCUT2D eigenvalue weighted by Crippen LogP contribution is 2.29. The highest BCUT2D eigenvalue weighted by atomic mass is 32.2. The highest BCUT2D eigenvalue weighted by Gasteiger charge is 2.20. The number of hydrogen-bond acceptors (Lipinski definition) is 5. The Morgan fingerprint density at radius 2 is 1.74 bits per heavy atom. The fourth-order valence-electron chi connectivity index (χ4n) is 1.69. The van der Waals surface area contributed by atoms with Crippen molar-refractivity contribution in [2.75, 3.05) is 5.75 Å². The molecule has 106 valence electrons. The lowest BCUT2D eigenvalue weighted by atomic mass is 10.2. The Hall–Kier alpha value is -1.56. The fraction of sp³-hybridized carbons (Fsp3) is 0.462. The molecule has 0 bridgehead atoms. The van der Waals surface area contributed by atoms with Crippen molar-refractivity contribution in [2.45, 2.75) is 37.5 Å². The van der Waals surface area contributed by atoms with E-state index in [4.69, 9.17) is 0 Å². The number of aromatic hydroxyl groups is 2. The first-order chi connectivity index (χ1) is 8.90. The van der Waals surface area contributed by atoms with E-state index >= 15 is 0 Å². The van der Waals surface area contributed by atoms with E-state index in [9.17, 15) is 23.4 Å². The lowest BCUT2D eigenvalue weighted by Gasteiger charge is -2.04. The average molecular weight is 286 g/mol. The van der Waals surface area contributed by atoms with Gasteiger partial charge in [-0.05, 0) is 18.6 Å². The third kappa shape index (κ3) is 3.96. The van der Waals surface area contributed by atoms with Gasteiger partial charge in [0.2, 0.25) is 11.2 Å². The molecule has 0 aromatic heterocycles. The summed E-state index contributed by atoms with van der Waals surface area (Å²) in [6.45, 7) is 2.02. The zero-order valence-electron chi connectivity index (χ0n) is 10.8. The van der Waals surface area contributed by atoms with Crippen LogP contribution in [0, 0.1) is 0 Å². The summed E-state index contributed by atoms with van der Waals surface area (Å²) in [7, 11) is -3.70. The van der Waals surface area contributed by atoms with Crippen molar-refractivity contribution in [3.8, 4) is 11.5 Å². The smallest absolute Gasteiger partial charge is 0.224 e. The lowest BCUT2D eigenvalue weighted by molar-refractivity contribution is 0.392. The molecule has 0 aliphatic heterocycles. The van der Waals surface area contributed by atoms with Crippen LogP contribution < -0.4 is 5.43 Å². The molecular formula is C13H18O5S. The molecule has 6 heteroatoms. The maximum Gasteiger partial charge on any atom is 0.224 e. The minimum atomic E-state index is -3.70. The predicted molar refractivity (Wildman–Crippen MR) is 72.2 cm³/mol. The molecular weight excluding hydrogens is 268 g/mol. The molecule has 5 nitrogen and oxygen atoms in total. The van der Waals surface area contributed by atoms with Crippen LogP contribution in [0.2, 0.25) is 0 Å². The number of unbranched alkanes of at least 4 members (excludes halogenated alkanes) is 3. The van der Waals surface area contributed by atoms with Gasteiger partial charge in [0.25, 0.3) is 0 Å². The summed E-state index contributed by atoms with van der Waals surface area (Å²) in [6, 6.07) is 3.34. The Balaban J connectivity index is 3.06. The van der Waals surface area contributed by atoms with Crippen molar-refractivity contribution in [2.24, 2.45) is 0 Å². The van der Waals surface area contributed by atoms with Crippen LogP contribution in [0.15, 0.2) is 27.9 Å². The summed E-state index contributed by atoms with van der Waals surface area (Å²) in [5.74, 6) is -1.92. The molecule has 0 spiro atoms. The largest absolute Gasteiger partial charge is 0.503 e. The number of hydrogen-bond donors (Lipinski definition) is 2. The quantitative estimate of drug-likeness (QED) is 0.778. The Morgan fingerprint density at radius 3 is 2.37 bits per heavy atom. The third-order valence-electron chi connectivity index (χ3n) is 2.79.